The second-order valence-corrected chi connectivity index (χ2v) is 6.11. The molecule has 0 unspecified atom stereocenters. The Hall–Kier alpha value is -1.40. The molecule has 1 N–H and O–H groups in total. The van der Waals surface area contributed by atoms with Gasteiger partial charge in [-0.15, -0.1) is 11.3 Å². The summed E-state index contributed by atoms with van der Waals surface area (Å²) in [5, 5.41) is 16.2. The number of thiophene rings is 1. The van der Waals surface area contributed by atoms with Gasteiger partial charge in [-0.05, 0) is 58.4 Å². The third kappa shape index (κ3) is 3.13. The summed E-state index contributed by atoms with van der Waals surface area (Å²) >= 11 is 5.06. The van der Waals surface area contributed by atoms with Gasteiger partial charge < -0.3 is 5.32 Å². The van der Waals surface area contributed by atoms with Crippen molar-refractivity contribution in [3.05, 3.63) is 54.2 Å². The lowest BCUT2D eigenvalue weighted by atomic mass is 10.1. The Morgan fingerprint density at radius 1 is 1.37 bits per heavy atom. The predicted octanol–water partition coefficient (Wildman–Crippen LogP) is 4.65. The highest BCUT2D eigenvalue weighted by Crippen LogP contribution is 2.30. The van der Waals surface area contributed by atoms with E-state index in [1.165, 1.54) is 0 Å². The Labute approximate surface area is 123 Å². The molecule has 1 heterocycles. The van der Waals surface area contributed by atoms with Gasteiger partial charge in [-0.2, -0.15) is 0 Å². The maximum atomic E-state index is 11.1. The van der Waals surface area contributed by atoms with Crippen LogP contribution in [0.1, 0.15) is 16.0 Å². The van der Waals surface area contributed by atoms with Gasteiger partial charge in [0, 0.05) is 15.4 Å². The first-order valence-corrected chi connectivity index (χ1v) is 7.37. The number of hydrogen-bond acceptors (Lipinski definition) is 4. The summed E-state index contributed by atoms with van der Waals surface area (Å²) in [6.45, 7) is 4.40. The van der Waals surface area contributed by atoms with Gasteiger partial charge in [0.1, 0.15) is 5.69 Å². The van der Waals surface area contributed by atoms with E-state index in [4.69, 9.17) is 0 Å². The zero-order valence-corrected chi connectivity index (χ0v) is 13.0. The van der Waals surface area contributed by atoms with Crippen molar-refractivity contribution < 1.29 is 4.92 Å². The van der Waals surface area contributed by atoms with E-state index in [0.29, 0.717) is 12.2 Å². The maximum Gasteiger partial charge on any atom is 0.292 e. The van der Waals surface area contributed by atoms with Crippen LogP contribution in [-0.4, -0.2) is 4.92 Å². The Kier molecular flexibility index (Phi) is 4.21. The molecule has 0 radical (unpaired) electrons. The lowest BCUT2D eigenvalue weighted by Gasteiger charge is -2.09. The molecule has 1 aromatic heterocycles. The molecule has 0 spiro atoms. The average Bonchev–Trinajstić information content (AvgIpc) is 2.75. The minimum Gasteiger partial charge on any atom is -0.375 e. The van der Waals surface area contributed by atoms with Crippen LogP contribution in [0.15, 0.2) is 28.1 Å². The molecule has 0 aliphatic heterocycles. The van der Waals surface area contributed by atoms with Crippen molar-refractivity contribution in [1.29, 1.82) is 0 Å². The molecule has 0 amide bonds. The highest BCUT2D eigenvalue weighted by Gasteiger charge is 2.15. The number of anilines is 1. The van der Waals surface area contributed by atoms with Crippen molar-refractivity contribution in [3.8, 4) is 0 Å². The number of nitrogens with zero attached hydrogens (tertiary/aromatic N) is 1. The first-order valence-electron chi connectivity index (χ1n) is 5.70. The van der Waals surface area contributed by atoms with Crippen molar-refractivity contribution in [2.75, 3.05) is 5.32 Å². The molecule has 0 aliphatic carbocycles. The van der Waals surface area contributed by atoms with Crippen LogP contribution < -0.4 is 5.32 Å². The second-order valence-electron chi connectivity index (χ2n) is 4.26. The van der Waals surface area contributed by atoms with Crippen molar-refractivity contribution in [2.24, 2.45) is 0 Å². The second kappa shape index (κ2) is 5.71. The monoisotopic (exact) mass is 340 g/mol. The molecule has 1 aromatic carbocycles. The highest BCUT2D eigenvalue weighted by atomic mass is 79.9. The third-order valence-electron chi connectivity index (χ3n) is 2.94. The van der Waals surface area contributed by atoms with E-state index < -0.39 is 0 Å². The van der Waals surface area contributed by atoms with E-state index in [-0.39, 0.29) is 10.6 Å². The fraction of sp³-hybridized carbons (Fsp3) is 0.231. The lowest BCUT2D eigenvalue weighted by molar-refractivity contribution is -0.384. The molecule has 2 rings (SSSR count). The van der Waals surface area contributed by atoms with Gasteiger partial charge in [0.25, 0.3) is 5.69 Å². The van der Waals surface area contributed by atoms with Gasteiger partial charge in [-0.25, -0.2) is 0 Å². The topological polar surface area (TPSA) is 55.2 Å². The van der Waals surface area contributed by atoms with Gasteiger partial charge in [-0.3, -0.25) is 10.1 Å². The summed E-state index contributed by atoms with van der Waals surface area (Å²) < 4.78 is 1.02. The van der Waals surface area contributed by atoms with Gasteiger partial charge in [0.05, 0.1) is 11.5 Å². The Morgan fingerprint density at radius 2 is 2.05 bits per heavy atom. The van der Waals surface area contributed by atoms with Gasteiger partial charge >= 0.3 is 0 Å². The van der Waals surface area contributed by atoms with E-state index >= 15 is 0 Å². The number of benzene rings is 1. The summed E-state index contributed by atoms with van der Waals surface area (Å²) in [7, 11) is 0. The Morgan fingerprint density at radius 3 is 2.63 bits per heavy atom. The zero-order valence-electron chi connectivity index (χ0n) is 10.6. The largest absolute Gasteiger partial charge is 0.375 e. The quantitative estimate of drug-likeness (QED) is 0.651. The number of rotatable bonds is 4. The van der Waals surface area contributed by atoms with Crippen LogP contribution in [0.2, 0.25) is 0 Å². The predicted molar refractivity (Wildman–Crippen MR) is 81.9 cm³/mol. The molecule has 0 bridgehead atoms. The van der Waals surface area contributed by atoms with E-state index in [1.54, 1.807) is 17.4 Å². The van der Waals surface area contributed by atoms with E-state index in [0.717, 1.165) is 20.5 Å². The smallest absolute Gasteiger partial charge is 0.292 e. The van der Waals surface area contributed by atoms with Gasteiger partial charge in [0.15, 0.2) is 0 Å². The van der Waals surface area contributed by atoms with Crippen LogP contribution >= 0.6 is 27.3 Å². The standard InChI is InChI=1S/C13H13BrN2O2S/c1-8-5-11(12(16(17)18)6-9(8)2)15-7-13-10(14)3-4-19-13/h3-6,15H,7H2,1-2H3. The molecule has 0 saturated heterocycles. The van der Waals surface area contributed by atoms with Crippen LogP contribution in [0, 0.1) is 24.0 Å². The molecule has 19 heavy (non-hydrogen) atoms. The summed E-state index contributed by atoms with van der Waals surface area (Å²) in [5.74, 6) is 0. The molecule has 100 valence electrons. The fourth-order valence-electron chi connectivity index (χ4n) is 1.72. The van der Waals surface area contributed by atoms with Crippen molar-refractivity contribution >= 4 is 38.6 Å². The summed E-state index contributed by atoms with van der Waals surface area (Å²) in [4.78, 5) is 11.8. The average molecular weight is 341 g/mol. The number of aryl methyl sites for hydroxylation is 2. The number of hydrogen-bond donors (Lipinski definition) is 1. The minimum atomic E-state index is -0.349. The fourth-order valence-corrected chi connectivity index (χ4v) is 3.15. The zero-order chi connectivity index (χ0) is 14.0. The Balaban J connectivity index is 2.26. The summed E-state index contributed by atoms with van der Waals surface area (Å²) in [6.07, 6.45) is 0. The molecule has 2 aromatic rings. The first kappa shape index (κ1) is 14.0. The maximum absolute atomic E-state index is 11.1. The van der Waals surface area contributed by atoms with Gasteiger partial charge in [0.2, 0.25) is 0 Å². The normalized spacial score (nSPS) is 10.5. The highest BCUT2D eigenvalue weighted by molar-refractivity contribution is 9.10. The van der Waals surface area contributed by atoms with Crippen molar-refractivity contribution in [3.63, 3.8) is 0 Å². The van der Waals surface area contributed by atoms with E-state index in [2.05, 4.69) is 21.2 Å². The molecular formula is C13H13BrN2O2S. The van der Waals surface area contributed by atoms with Crippen LogP contribution in [0.5, 0.6) is 0 Å². The lowest BCUT2D eigenvalue weighted by Crippen LogP contribution is -2.03. The van der Waals surface area contributed by atoms with Crippen molar-refractivity contribution in [1.82, 2.24) is 0 Å². The van der Waals surface area contributed by atoms with Crippen molar-refractivity contribution in [2.45, 2.75) is 20.4 Å². The molecule has 6 heteroatoms. The number of nitrogens with one attached hydrogen (secondary N) is 1. The Bertz CT molecular complexity index is 625. The molecule has 0 aliphatic rings. The molecule has 0 fully saturated rings. The molecule has 4 nitrogen and oxygen atoms in total. The minimum absolute atomic E-state index is 0.121. The molecule has 0 atom stereocenters. The summed E-state index contributed by atoms with van der Waals surface area (Å²) in [5.41, 5.74) is 2.65. The molecular weight excluding hydrogens is 328 g/mol. The molecule has 0 saturated carbocycles. The van der Waals surface area contributed by atoms with Crippen LogP contribution in [0.3, 0.4) is 0 Å². The first-order chi connectivity index (χ1) is 8.99. The van der Waals surface area contributed by atoms with Crippen LogP contribution in [-0.2, 0) is 6.54 Å². The SMILES string of the molecule is Cc1cc(NCc2sccc2Br)c([N+](=O)[O-])cc1C. The number of nitro groups is 1. The van der Waals surface area contributed by atoms with Crippen LogP contribution in [0.4, 0.5) is 11.4 Å². The number of halogens is 1. The summed E-state index contributed by atoms with van der Waals surface area (Å²) in [6, 6.07) is 5.41. The van der Waals surface area contributed by atoms with Crippen LogP contribution in [0.25, 0.3) is 0 Å². The van der Waals surface area contributed by atoms with E-state index in [9.17, 15) is 10.1 Å². The van der Waals surface area contributed by atoms with E-state index in [1.807, 2.05) is 31.4 Å². The number of nitro benzene ring substituents is 1. The van der Waals surface area contributed by atoms with Gasteiger partial charge in [-0.1, -0.05) is 0 Å². The third-order valence-corrected chi connectivity index (χ3v) is 4.87.